The summed E-state index contributed by atoms with van der Waals surface area (Å²) >= 11 is 0. The van der Waals surface area contributed by atoms with Crippen molar-refractivity contribution < 1.29 is 82.4 Å². The number of fused-ring (bicyclic) bond motifs is 2. The van der Waals surface area contributed by atoms with Crippen LogP contribution in [0.1, 0.15) is 86.6 Å². The zero-order chi connectivity index (χ0) is 61.4. The fourth-order valence-electron chi connectivity index (χ4n) is 10.9. The van der Waals surface area contributed by atoms with E-state index in [9.17, 15) is 59.4 Å². The van der Waals surface area contributed by atoms with Gasteiger partial charge >= 0.3 is 31.1 Å². The second-order valence-electron chi connectivity index (χ2n) is 21.5. The summed E-state index contributed by atoms with van der Waals surface area (Å²) in [6.07, 6.45) is -11.9. The van der Waals surface area contributed by atoms with Crippen molar-refractivity contribution in [2.24, 2.45) is 5.41 Å². The van der Waals surface area contributed by atoms with E-state index in [1.165, 1.54) is 0 Å². The predicted octanol–water partition coefficient (Wildman–Crippen LogP) is 7.25. The van der Waals surface area contributed by atoms with Gasteiger partial charge in [0, 0.05) is 80.0 Å². The van der Waals surface area contributed by atoms with Crippen LogP contribution < -0.4 is 26.3 Å². The minimum atomic E-state index is -4.73. The second kappa shape index (κ2) is 27.2. The summed E-state index contributed by atoms with van der Waals surface area (Å²) < 4.78 is 157. The molecule has 19 nitrogen and oxygen atoms in total. The number of carbonyl (C=O) groups is 4. The molecule has 5 heterocycles. The van der Waals surface area contributed by atoms with Crippen LogP contribution in [0.5, 0.6) is 0 Å². The SMILES string of the molecule is C=C(CCC(F)(F)F)[C@H](NC(=O)OC)C(=O)N[C@@H](Cc1ccc(C#Cc2cnc(N3CC4CCC(C3)N4C3COC3)nc2)cc1)[C@@H](O)CN(Cc1c(F)cc(-c2ccn(C(F)F)n2)cc1F)NC(=O)[C@H](CCC1(C(F)(F)F)CCC1)NC(=O)OC. The van der Waals surface area contributed by atoms with E-state index in [1.807, 2.05) is 0 Å². The molecule has 1 aliphatic carbocycles. The standard InChI is InChI=1S/C56H63F10N11O8/c1-32(13-19-55(61,62)63)47(71-53(82)84-3)49(80)69-45(21-34-8-5-33(6-9-34)7-10-35-24-67-51(68-25-35)74-26-37-11-12-38(27-74)77(37)39-30-85-31-39)46(78)29-75(28-40-41(57)22-36(23-42(40)58)43-15-20-76(72-43)50(59)60)73-48(79)44(70-52(81)83-2)14-18-54(16-4-17-54)56(64,65)66/h5-6,8-9,15,20,22-25,37-39,44-47,50,78H,1,4,11-14,16-19,21,26-31H2,2-3H3,(H,69,80)(H,70,81)(H,71,82)(H,73,79)/t37?,38?,44-,45-,46-,47-/m0/s1. The number of carbonyl (C=O) groups excluding carboxylic acids is 4. The molecular formula is C56H63F10N11O8. The largest absolute Gasteiger partial charge is 0.453 e. The van der Waals surface area contributed by atoms with E-state index >= 15 is 8.78 Å². The van der Waals surface area contributed by atoms with Crippen molar-refractivity contribution in [3.8, 4) is 23.1 Å². The molecule has 4 aromatic rings. The smallest absolute Gasteiger partial charge is 0.407 e. The zero-order valence-electron chi connectivity index (χ0n) is 46.1. The summed E-state index contributed by atoms with van der Waals surface area (Å²) in [5, 5.41) is 23.4. The molecular weight excluding hydrogens is 1140 g/mol. The summed E-state index contributed by atoms with van der Waals surface area (Å²) in [6, 6.07) is 4.73. The Morgan fingerprint density at radius 1 is 0.871 bits per heavy atom. The van der Waals surface area contributed by atoms with Crippen molar-refractivity contribution in [2.45, 2.75) is 132 Å². The van der Waals surface area contributed by atoms with Crippen molar-refractivity contribution in [1.29, 1.82) is 0 Å². The second-order valence-corrected chi connectivity index (χ2v) is 21.5. The number of rotatable bonds is 23. The third kappa shape index (κ3) is 16.1. The van der Waals surface area contributed by atoms with Crippen LogP contribution in [-0.2, 0) is 36.8 Å². The Bertz CT molecular complexity index is 3040. The Balaban J connectivity index is 1.06. The maximum absolute atomic E-state index is 16.2. The Morgan fingerprint density at radius 2 is 1.49 bits per heavy atom. The van der Waals surface area contributed by atoms with E-state index in [0.29, 0.717) is 40.8 Å². The molecule has 6 atom stereocenters. The minimum Gasteiger partial charge on any atom is -0.453 e. The number of nitrogens with zero attached hydrogens (tertiary/aromatic N) is 7. The van der Waals surface area contributed by atoms with E-state index in [-0.39, 0.29) is 41.6 Å². The van der Waals surface area contributed by atoms with Crippen molar-refractivity contribution in [3.63, 3.8) is 0 Å². The van der Waals surface area contributed by atoms with Gasteiger partial charge in [-0.25, -0.2) is 38.0 Å². The molecule has 29 heteroatoms. The van der Waals surface area contributed by atoms with Crippen LogP contribution in [0.4, 0.5) is 59.4 Å². The number of alkyl halides is 8. The molecule has 4 aliphatic rings. The first-order chi connectivity index (χ1) is 40.3. The minimum absolute atomic E-state index is 0.231. The first-order valence-electron chi connectivity index (χ1n) is 27.2. The molecule has 3 aliphatic heterocycles. The van der Waals surface area contributed by atoms with E-state index in [1.54, 1.807) is 36.7 Å². The molecule has 2 bridgehead atoms. The number of aliphatic hydroxyl groups is 1. The molecule has 4 amide bonds. The molecule has 0 radical (unpaired) electrons. The summed E-state index contributed by atoms with van der Waals surface area (Å²) in [4.78, 5) is 67.4. The van der Waals surface area contributed by atoms with Gasteiger partial charge in [0.15, 0.2) is 0 Å². The number of aliphatic hydroxyl groups excluding tert-OH is 1. The molecule has 85 heavy (non-hydrogen) atoms. The van der Waals surface area contributed by atoms with Crippen molar-refractivity contribution in [3.05, 3.63) is 107 Å². The Kier molecular flexibility index (Phi) is 20.3. The van der Waals surface area contributed by atoms with Gasteiger partial charge in [-0.2, -0.15) is 40.2 Å². The summed E-state index contributed by atoms with van der Waals surface area (Å²) in [7, 11) is 1.84. The van der Waals surface area contributed by atoms with Gasteiger partial charge in [0.25, 0.3) is 5.91 Å². The quantitative estimate of drug-likeness (QED) is 0.0214. The maximum atomic E-state index is 16.2. The highest BCUT2D eigenvalue weighted by atomic mass is 19.4. The number of alkyl carbamates (subject to hydrolysis) is 2. The molecule has 3 saturated heterocycles. The average Bonchev–Trinajstić information content (AvgIpc) is 2.33. The number of halogens is 10. The van der Waals surface area contributed by atoms with Crippen molar-refractivity contribution in [2.75, 3.05) is 52.0 Å². The molecule has 2 aromatic carbocycles. The van der Waals surface area contributed by atoms with E-state index in [2.05, 4.69) is 74.1 Å². The van der Waals surface area contributed by atoms with Gasteiger partial charge in [0.05, 0.1) is 62.3 Å². The van der Waals surface area contributed by atoms with Gasteiger partial charge in [-0.05, 0) is 92.8 Å². The lowest BCUT2D eigenvalue weighted by Gasteiger charge is -2.47. The van der Waals surface area contributed by atoms with Crippen LogP contribution >= 0.6 is 0 Å². The van der Waals surface area contributed by atoms with Crippen molar-refractivity contribution in [1.82, 2.24) is 51.0 Å². The number of hydrogen-bond acceptors (Lipinski definition) is 14. The highest BCUT2D eigenvalue weighted by molar-refractivity contribution is 5.89. The lowest BCUT2D eigenvalue weighted by atomic mass is 9.65. The molecule has 4 fully saturated rings. The topological polar surface area (TPSA) is 218 Å². The van der Waals surface area contributed by atoms with Gasteiger partial charge in [-0.1, -0.05) is 37.0 Å². The maximum Gasteiger partial charge on any atom is 0.407 e. The third-order valence-electron chi connectivity index (χ3n) is 15.8. The number of aromatic nitrogens is 4. The highest BCUT2D eigenvalue weighted by Crippen LogP contribution is 2.56. The first kappa shape index (κ1) is 63.5. The predicted molar refractivity (Wildman–Crippen MR) is 284 cm³/mol. The van der Waals surface area contributed by atoms with Gasteiger partial charge < -0.3 is 40.2 Å². The number of methoxy groups -OCH3 is 2. The normalized spacial score (nSPS) is 19.1. The Labute approximate surface area is 481 Å². The lowest BCUT2D eigenvalue weighted by molar-refractivity contribution is -0.253. The van der Waals surface area contributed by atoms with Gasteiger partial charge in [0.2, 0.25) is 11.9 Å². The zero-order valence-corrected chi connectivity index (χ0v) is 46.1. The fraction of sp³-hybridized carbons (Fsp3) is 0.518. The van der Waals surface area contributed by atoms with Crippen molar-refractivity contribution >= 4 is 29.9 Å². The molecule has 2 aromatic heterocycles. The number of hydrogen-bond donors (Lipinski definition) is 5. The first-order valence-corrected chi connectivity index (χ1v) is 27.2. The number of benzene rings is 2. The molecule has 0 spiro atoms. The highest BCUT2D eigenvalue weighted by Gasteiger charge is 2.58. The van der Waals surface area contributed by atoms with Gasteiger partial charge in [0.1, 0.15) is 23.7 Å². The molecule has 1 saturated carbocycles. The monoisotopic (exact) mass is 1210 g/mol. The van der Waals surface area contributed by atoms with Gasteiger partial charge in [-0.15, -0.1) is 0 Å². The fourth-order valence-corrected chi connectivity index (χ4v) is 10.9. The number of ether oxygens (including phenoxy) is 3. The summed E-state index contributed by atoms with van der Waals surface area (Å²) in [5.41, 5.74) is -0.371. The third-order valence-corrected chi connectivity index (χ3v) is 15.8. The average molecular weight is 1210 g/mol. The van der Waals surface area contributed by atoms with Crippen LogP contribution in [0.25, 0.3) is 11.3 Å². The lowest BCUT2D eigenvalue weighted by Crippen LogP contribution is -2.62. The number of nitrogens with one attached hydrogen (secondary N) is 4. The number of piperazine rings is 1. The molecule has 8 rings (SSSR count). The van der Waals surface area contributed by atoms with Crippen LogP contribution in [0.3, 0.4) is 0 Å². The number of amides is 4. The van der Waals surface area contributed by atoms with Crippen LogP contribution in [0.2, 0.25) is 0 Å². The number of hydrazine groups is 1. The van der Waals surface area contributed by atoms with Crippen LogP contribution in [0, 0.1) is 28.9 Å². The Morgan fingerprint density at radius 3 is 2.04 bits per heavy atom. The van der Waals surface area contributed by atoms with E-state index in [0.717, 1.165) is 82.8 Å². The summed E-state index contributed by atoms with van der Waals surface area (Å²) in [6.45, 7) is 1.61. The molecule has 460 valence electrons. The number of anilines is 1. The van der Waals surface area contributed by atoms with E-state index in [4.69, 9.17) is 4.74 Å². The molecule has 5 N–H and O–H groups in total. The van der Waals surface area contributed by atoms with Gasteiger partial charge in [-0.3, -0.25) is 19.9 Å². The Hall–Kier alpha value is -7.55. The summed E-state index contributed by atoms with van der Waals surface area (Å²) in [5.74, 6) is 1.47. The molecule has 2 unspecified atom stereocenters. The van der Waals surface area contributed by atoms with Crippen LogP contribution in [0.15, 0.2) is 73.2 Å². The van der Waals surface area contributed by atoms with Crippen LogP contribution in [-0.4, -0.2) is 161 Å². The van der Waals surface area contributed by atoms with E-state index < -0.39 is 134 Å².